The third-order valence-corrected chi connectivity index (χ3v) is 4.44. The zero-order chi connectivity index (χ0) is 24.4. The number of nitrogens with zero attached hydrogens (tertiary/aromatic N) is 1. The van der Waals surface area contributed by atoms with Crippen LogP contribution in [0.4, 0.5) is 4.79 Å². The number of alkyl carbamates (subject to hydrolysis) is 1. The quantitative estimate of drug-likeness (QED) is 0.595. The van der Waals surface area contributed by atoms with Crippen LogP contribution in [0.5, 0.6) is 0 Å². The van der Waals surface area contributed by atoms with E-state index < -0.39 is 35.7 Å². The molecule has 0 heterocycles. The zero-order valence-electron chi connectivity index (χ0n) is 19.3. The highest BCUT2D eigenvalue weighted by molar-refractivity contribution is 5.89. The molecule has 0 aliphatic rings. The van der Waals surface area contributed by atoms with Gasteiger partial charge in [-0.15, -0.1) is 0 Å². The van der Waals surface area contributed by atoms with Gasteiger partial charge in [-0.3, -0.25) is 4.79 Å². The molecule has 2 aromatic rings. The Labute approximate surface area is 193 Å². The van der Waals surface area contributed by atoms with Gasteiger partial charge < -0.3 is 20.1 Å². The molecule has 2 aromatic carbocycles. The van der Waals surface area contributed by atoms with Gasteiger partial charge in [0.15, 0.2) is 0 Å². The van der Waals surface area contributed by atoms with Gasteiger partial charge in [-0.05, 0) is 51.0 Å². The molecular weight excluding hydrogens is 422 g/mol. The number of ether oxygens (including phenoxy) is 2. The van der Waals surface area contributed by atoms with Crippen molar-refractivity contribution in [3.63, 3.8) is 0 Å². The summed E-state index contributed by atoms with van der Waals surface area (Å²) in [6.45, 7) is 6.72. The van der Waals surface area contributed by atoms with Crippen molar-refractivity contribution in [2.75, 3.05) is 0 Å². The molecule has 0 saturated carbocycles. The number of nitriles is 1. The Kier molecular flexibility index (Phi) is 8.98. The lowest BCUT2D eigenvalue weighted by atomic mass is 10.0. The van der Waals surface area contributed by atoms with E-state index in [-0.39, 0.29) is 13.0 Å². The average molecular weight is 452 g/mol. The summed E-state index contributed by atoms with van der Waals surface area (Å²) in [7, 11) is 0. The largest absolute Gasteiger partial charge is 0.459 e. The van der Waals surface area contributed by atoms with Crippen molar-refractivity contribution in [2.24, 2.45) is 0 Å². The SMILES string of the molecule is C[C@H](NC(=O)[C@@H](Cc1cccc(C#N)c1)NC(=O)OC(C)(C)C)C(=O)OCc1ccccc1. The number of esters is 1. The minimum Gasteiger partial charge on any atom is -0.459 e. The standard InChI is InChI=1S/C25H29N3O5/c1-17(23(30)32-16-18-9-6-5-7-10-18)27-22(29)21(28-24(31)33-25(2,3)4)14-19-11-8-12-20(13-19)15-26/h5-13,17,21H,14,16H2,1-4H3,(H,27,29)(H,28,31)/t17-,21+/m0/s1. The molecule has 0 aromatic heterocycles. The zero-order valence-corrected chi connectivity index (χ0v) is 19.3. The number of hydrogen-bond acceptors (Lipinski definition) is 6. The maximum Gasteiger partial charge on any atom is 0.408 e. The number of carbonyl (C=O) groups excluding carboxylic acids is 3. The second kappa shape index (κ2) is 11.7. The van der Waals surface area contributed by atoms with Gasteiger partial charge in [-0.25, -0.2) is 9.59 Å². The van der Waals surface area contributed by atoms with Gasteiger partial charge in [-0.2, -0.15) is 5.26 Å². The first kappa shape index (κ1) is 25.4. The van der Waals surface area contributed by atoms with E-state index in [1.165, 1.54) is 6.92 Å². The summed E-state index contributed by atoms with van der Waals surface area (Å²) in [5.41, 5.74) is 1.18. The molecule has 2 amide bonds. The fourth-order valence-electron chi connectivity index (χ4n) is 2.89. The maximum absolute atomic E-state index is 12.9. The van der Waals surface area contributed by atoms with Gasteiger partial charge in [0.1, 0.15) is 24.3 Å². The fraction of sp³-hybridized carbons (Fsp3) is 0.360. The monoisotopic (exact) mass is 451 g/mol. The summed E-state index contributed by atoms with van der Waals surface area (Å²) < 4.78 is 10.5. The molecule has 174 valence electrons. The van der Waals surface area contributed by atoms with Gasteiger partial charge in [0, 0.05) is 6.42 Å². The topological polar surface area (TPSA) is 118 Å². The van der Waals surface area contributed by atoms with Gasteiger partial charge in [0.2, 0.25) is 5.91 Å². The van der Waals surface area contributed by atoms with Crippen LogP contribution in [0.25, 0.3) is 0 Å². The lowest BCUT2D eigenvalue weighted by Gasteiger charge is -2.24. The predicted molar refractivity (Wildman–Crippen MR) is 122 cm³/mol. The Hall–Kier alpha value is -3.86. The molecule has 0 saturated heterocycles. The third-order valence-electron chi connectivity index (χ3n) is 4.44. The van der Waals surface area contributed by atoms with E-state index in [0.717, 1.165) is 5.56 Å². The van der Waals surface area contributed by atoms with Crippen molar-refractivity contribution in [3.8, 4) is 6.07 Å². The number of carbonyl (C=O) groups is 3. The van der Waals surface area contributed by atoms with Crippen molar-refractivity contribution in [3.05, 3.63) is 71.3 Å². The van der Waals surface area contributed by atoms with Crippen molar-refractivity contribution in [2.45, 2.75) is 58.4 Å². The Morgan fingerprint density at radius 3 is 2.30 bits per heavy atom. The van der Waals surface area contributed by atoms with E-state index in [2.05, 4.69) is 10.6 Å². The first-order valence-corrected chi connectivity index (χ1v) is 10.6. The lowest BCUT2D eigenvalue weighted by Crippen LogP contribution is -2.52. The minimum absolute atomic E-state index is 0.0838. The second-order valence-corrected chi connectivity index (χ2v) is 8.54. The highest BCUT2D eigenvalue weighted by Crippen LogP contribution is 2.11. The van der Waals surface area contributed by atoms with Crippen LogP contribution in [0.1, 0.15) is 44.4 Å². The van der Waals surface area contributed by atoms with Crippen LogP contribution in [0, 0.1) is 11.3 Å². The summed E-state index contributed by atoms with van der Waals surface area (Å²) in [5, 5.41) is 14.3. The van der Waals surface area contributed by atoms with E-state index >= 15 is 0 Å². The molecule has 0 aliphatic carbocycles. The van der Waals surface area contributed by atoms with E-state index in [9.17, 15) is 14.4 Å². The molecule has 0 radical (unpaired) electrons. The van der Waals surface area contributed by atoms with Crippen molar-refractivity contribution < 1.29 is 23.9 Å². The Balaban J connectivity index is 2.06. The highest BCUT2D eigenvalue weighted by Gasteiger charge is 2.27. The Morgan fingerprint density at radius 1 is 1.00 bits per heavy atom. The average Bonchev–Trinajstić information content (AvgIpc) is 2.76. The van der Waals surface area contributed by atoms with E-state index in [0.29, 0.717) is 11.1 Å². The van der Waals surface area contributed by atoms with Crippen molar-refractivity contribution >= 4 is 18.0 Å². The number of hydrogen-bond donors (Lipinski definition) is 2. The summed E-state index contributed by atoms with van der Waals surface area (Å²) in [6.07, 6.45) is -0.662. The Morgan fingerprint density at radius 2 is 1.67 bits per heavy atom. The molecule has 8 heteroatoms. The highest BCUT2D eigenvalue weighted by atomic mass is 16.6. The first-order valence-electron chi connectivity index (χ1n) is 10.6. The normalized spacial score (nSPS) is 12.6. The van der Waals surface area contributed by atoms with Crippen LogP contribution in [-0.2, 0) is 32.1 Å². The Bertz CT molecular complexity index is 1010. The van der Waals surface area contributed by atoms with Gasteiger partial charge in [0.05, 0.1) is 11.6 Å². The number of benzene rings is 2. The van der Waals surface area contributed by atoms with Crippen LogP contribution < -0.4 is 10.6 Å². The molecule has 0 unspecified atom stereocenters. The molecule has 0 spiro atoms. The predicted octanol–water partition coefficient (Wildman–Crippen LogP) is 3.24. The van der Waals surface area contributed by atoms with Crippen LogP contribution in [-0.4, -0.2) is 35.7 Å². The van der Waals surface area contributed by atoms with Gasteiger partial charge in [-0.1, -0.05) is 42.5 Å². The van der Waals surface area contributed by atoms with E-state index in [1.54, 1.807) is 45.0 Å². The van der Waals surface area contributed by atoms with Crippen LogP contribution >= 0.6 is 0 Å². The van der Waals surface area contributed by atoms with E-state index in [1.807, 2.05) is 36.4 Å². The molecule has 8 nitrogen and oxygen atoms in total. The smallest absolute Gasteiger partial charge is 0.408 e. The number of amides is 2. The summed E-state index contributed by atoms with van der Waals surface area (Å²) in [6, 6.07) is 16.0. The first-order chi connectivity index (χ1) is 15.6. The summed E-state index contributed by atoms with van der Waals surface area (Å²) in [4.78, 5) is 37.6. The summed E-state index contributed by atoms with van der Waals surface area (Å²) in [5.74, 6) is -1.18. The second-order valence-electron chi connectivity index (χ2n) is 8.54. The van der Waals surface area contributed by atoms with Crippen LogP contribution in [0.2, 0.25) is 0 Å². The molecule has 2 atom stereocenters. The molecule has 0 bridgehead atoms. The molecule has 2 N–H and O–H groups in total. The summed E-state index contributed by atoms with van der Waals surface area (Å²) >= 11 is 0. The lowest BCUT2D eigenvalue weighted by molar-refractivity contribution is -0.148. The molecule has 33 heavy (non-hydrogen) atoms. The fourth-order valence-corrected chi connectivity index (χ4v) is 2.89. The molecule has 0 aliphatic heterocycles. The van der Waals surface area contributed by atoms with Crippen molar-refractivity contribution in [1.82, 2.24) is 10.6 Å². The van der Waals surface area contributed by atoms with Crippen LogP contribution in [0.15, 0.2) is 54.6 Å². The molecule has 2 rings (SSSR count). The van der Waals surface area contributed by atoms with E-state index in [4.69, 9.17) is 14.7 Å². The van der Waals surface area contributed by atoms with Crippen LogP contribution in [0.3, 0.4) is 0 Å². The van der Waals surface area contributed by atoms with Gasteiger partial charge >= 0.3 is 12.1 Å². The van der Waals surface area contributed by atoms with Crippen molar-refractivity contribution in [1.29, 1.82) is 5.26 Å². The minimum atomic E-state index is -1.03. The third kappa shape index (κ3) is 9.03. The molecular formula is C25H29N3O5. The molecule has 0 fully saturated rings. The maximum atomic E-state index is 12.9. The number of nitrogens with one attached hydrogen (secondary N) is 2. The number of rotatable bonds is 8. The van der Waals surface area contributed by atoms with Gasteiger partial charge in [0.25, 0.3) is 0 Å².